The summed E-state index contributed by atoms with van der Waals surface area (Å²) in [4.78, 5) is 30.2. The van der Waals surface area contributed by atoms with E-state index in [4.69, 9.17) is 0 Å². The molecule has 0 bridgehead atoms. The van der Waals surface area contributed by atoms with Gasteiger partial charge < -0.3 is 0 Å². The molecule has 0 unspecified atom stereocenters. The molecule has 3 rings (SSSR count). The van der Waals surface area contributed by atoms with E-state index < -0.39 is 0 Å². The van der Waals surface area contributed by atoms with Crippen molar-refractivity contribution >= 4 is 23.2 Å². The van der Waals surface area contributed by atoms with Crippen LogP contribution in [0.3, 0.4) is 0 Å². The quantitative estimate of drug-likeness (QED) is 0.808. The second-order valence-electron chi connectivity index (χ2n) is 6.44. The van der Waals surface area contributed by atoms with E-state index in [1.54, 1.807) is 23.7 Å². The van der Waals surface area contributed by atoms with E-state index >= 15 is 0 Å². The number of carbonyl (C=O) groups is 2. The average molecular weight is 357 g/mol. The van der Waals surface area contributed by atoms with Crippen LogP contribution in [0.4, 0.5) is 0 Å². The van der Waals surface area contributed by atoms with Crippen LogP contribution in [0, 0.1) is 5.92 Å². The van der Waals surface area contributed by atoms with Crippen LogP contribution in [-0.2, 0) is 24.1 Å². The summed E-state index contributed by atoms with van der Waals surface area (Å²) in [6.45, 7) is 2.22. The molecule has 1 atom stereocenters. The van der Waals surface area contributed by atoms with Crippen LogP contribution >= 0.6 is 11.3 Å². The summed E-state index contributed by atoms with van der Waals surface area (Å²) in [7, 11) is 0. The molecule has 25 heavy (non-hydrogen) atoms. The Hall–Kier alpha value is -2.21. The first-order valence-electron chi connectivity index (χ1n) is 8.75. The van der Waals surface area contributed by atoms with Crippen molar-refractivity contribution in [2.75, 3.05) is 0 Å². The van der Waals surface area contributed by atoms with Crippen LogP contribution in [-0.4, -0.2) is 16.8 Å². The van der Waals surface area contributed by atoms with Gasteiger partial charge in [-0.05, 0) is 54.9 Å². The van der Waals surface area contributed by atoms with Gasteiger partial charge in [-0.25, -0.2) is 0 Å². The number of hydrogen-bond acceptors (Lipinski definition) is 4. The molecular weight excluding hydrogens is 334 g/mol. The number of fused-ring (bicyclic) bond motifs is 1. The number of hydrazine groups is 1. The van der Waals surface area contributed by atoms with E-state index in [1.165, 1.54) is 23.3 Å². The molecule has 0 saturated carbocycles. The maximum absolute atomic E-state index is 12.3. The van der Waals surface area contributed by atoms with Gasteiger partial charge in [0, 0.05) is 23.7 Å². The van der Waals surface area contributed by atoms with E-state index in [9.17, 15) is 9.59 Å². The molecule has 132 valence electrons. The van der Waals surface area contributed by atoms with Crippen LogP contribution in [0.1, 0.15) is 51.9 Å². The van der Waals surface area contributed by atoms with Gasteiger partial charge in [-0.3, -0.25) is 25.4 Å². The molecule has 2 amide bonds. The van der Waals surface area contributed by atoms with E-state index in [2.05, 4.69) is 22.8 Å². The fraction of sp³-hybridized carbons (Fsp3) is 0.421. The maximum Gasteiger partial charge on any atom is 0.279 e. The highest BCUT2D eigenvalue weighted by molar-refractivity contribution is 7.14. The van der Waals surface area contributed by atoms with E-state index in [1.807, 2.05) is 18.2 Å². The number of thiophene rings is 1. The third-order valence-electron chi connectivity index (χ3n) is 4.66. The molecule has 0 radical (unpaired) electrons. The summed E-state index contributed by atoms with van der Waals surface area (Å²) >= 11 is 1.55. The molecule has 1 aliphatic rings. The minimum Gasteiger partial charge on any atom is -0.273 e. The average Bonchev–Trinajstić information content (AvgIpc) is 3.08. The fourth-order valence-corrected chi connectivity index (χ4v) is 4.22. The van der Waals surface area contributed by atoms with Crippen LogP contribution in [0.5, 0.6) is 0 Å². The lowest BCUT2D eigenvalue weighted by atomic mass is 9.87. The number of nitrogens with zero attached hydrogens (tertiary/aromatic N) is 1. The number of nitrogens with one attached hydrogen (secondary N) is 2. The predicted molar refractivity (Wildman–Crippen MR) is 98.3 cm³/mol. The predicted octanol–water partition coefficient (Wildman–Crippen LogP) is 3.05. The van der Waals surface area contributed by atoms with Gasteiger partial charge in [0.1, 0.15) is 0 Å². The highest BCUT2D eigenvalue weighted by atomic mass is 32.1. The minimum atomic E-state index is -0.234. The van der Waals surface area contributed by atoms with Crippen molar-refractivity contribution in [3.8, 4) is 0 Å². The minimum absolute atomic E-state index is 0.204. The number of carbonyl (C=O) groups excluding carboxylic acids is 2. The third kappa shape index (κ3) is 4.66. The van der Waals surface area contributed by atoms with Crippen LogP contribution in [0.15, 0.2) is 30.6 Å². The van der Waals surface area contributed by atoms with Crippen molar-refractivity contribution in [2.45, 2.75) is 45.4 Å². The molecule has 0 spiro atoms. The first-order valence-corrected chi connectivity index (χ1v) is 9.57. The molecule has 0 aromatic carbocycles. The Kier molecular flexibility index (Phi) is 5.81. The first kappa shape index (κ1) is 17.6. The summed E-state index contributed by atoms with van der Waals surface area (Å²) < 4.78 is 0. The lowest BCUT2D eigenvalue weighted by molar-refractivity contribution is -0.121. The van der Waals surface area contributed by atoms with E-state index in [-0.39, 0.29) is 11.8 Å². The zero-order chi connectivity index (χ0) is 17.6. The Morgan fingerprint density at radius 1 is 1.36 bits per heavy atom. The van der Waals surface area contributed by atoms with Crippen LogP contribution in [0.25, 0.3) is 0 Å². The SMILES string of the molecule is CC[C@@H]1CCc2sc(C(=O)NNC(=O)CCc3cccnc3)cc2C1. The number of hydrogen-bond donors (Lipinski definition) is 2. The lowest BCUT2D eigenvalue weighted by Gasteiger charge is -2.19. The molecule has 2 aromatic heterocycles. The standard InChI is InChI=1S/C19H23N3O2S/c1-2-13-5-7-16-15(10-13)11-17(25-16)19(24)22-21-18(23)8-6-14-4-3-9-20-12-14/h3-4,9,11-13H,2,5-8,10H2,1H3,(H,21,23)(H,22,24)/t13-/m1/s1. The fourth-order valence-electron chi connectivity index (χ4n) is 3.11. The van der Waals surface area contributed by atoms with Crippen molar-refractivity contribution in [3.05, 3.63) is 51.5 Å². The molecular formula is C19H23N3O2S. The first-order chi connectivity index (χ1) is 12.2. The van der Waals surface area contributed by atoms with Crippen molar-refractivity contribution in [1.82, 2.24) is 15.8 Å². The molecule has 0 aliphatic heterocycles. The lowest BCUT2D eigenvalue weighted by Crippen LogP contribution is -2.41. The number of rotatable bonds is 5. The summed E-state index contributed by atoms with van der Waals surface area (Å²) in [5.41, 5.74) is 7.33. The van der Waals surface area contributed by atoms with Gasteiger partial charge in [0.15, 0.2) is 0 Å². The zero-order valence-electron chi connectivity index (χ0n) is 14.4. The highest BCUT2D eigenvalue weighted by Gasteiger charge is 2.22. The molecule has 2 N–H and O–H groups in total. The van der Waals surface area contributed by atoms with Crippen LogP contribution < -0.4 is 10.9 Å². The largest absolute Gasteiger partial charge is 0.279 e. The van der Waals surface area contributed by atoms with Gasteiger partial charge in [-0.1, -0.05) is 19.4 Å². The third-order valence-corrected chi connectivity index (χ3v) is 5.90. The molecule has 1 aliphatic carbocycles. The number of amides is 2. The topological polar surface area (TPSA) is 71.1 Å². The van der Waals surface area contributed by atoms with Gasteiger partial charge in [0.2, 0.25) is 5.91 Å². The maximum atomic E-state index is 12.3. The molecule has 6 heteroatoms. The van der Waals surface area contributed by atoms with E-state index in [0.29, 0.717) is 17.7 Å². The Morgan fingerprint density at radius 3 is 3.00 bits per heavy atom. The monoisotopic (exact) mass is 357 g/mol. The second kappa shape index (κ2) is 8.25. The molecule has 5 nitrogen and oxygen atoms in total. The molecule has 2 heterocycles. The molecule has 0 fully saturated rings. The molecule has 0 saturated heterocycles. The Balaban J connectivity index is 1.48. The Bertz CT molecular complexity index is 742. The number of pyridine rings is 1. The van der Waals surface area contributed by atoms with Crippen molar-refractivity contribution < 1.29 is 9.59 Å². The van der Waals surface area contributed by atoms with Crippen LogP contribution in [0.2, 0.25) is 0 Å². The second-order valence-corrected chi connectivity index (χ2v) is 7.58. The van der Waals surface area contributed by atoms with Gasteiger partial charge >= 0.3 is 0 Å². The van der Waals surface area contributed by atoms with E-state index in [0.717, 1.165) is 24.3 Å². The van der Waals surface area contributed by atoms with Crippen molar-refractivity contribution in [3.63, 3.8) is 0 Å². The number of aryl methyl sites for hydroxylation is 2. The smallest absolute Gasteiger partial charge is 0.273 e. The summed E-state index contributed by atoms with van der Waals surface area (Å²) in [6.07, 6.45) is 8.86. The normalized spacial score (nSPS) is 16.1. The zero-order valence-corrected chi connectivity index (χ0v) is 15.2. The summed E-state index contributed by atoms with van der Waals surface area (Å²) in [5.74, 6) is 0.289. The Labute approximate surface area is 151 Å². The van der Waals surface area contributed by atoms with Crippen molar-refractivity contribution in [2.24, 2.45) is 5.92 Å². The van der Waals surface area contributed by atoms with Gasteiger partial charge in [0.25, 0.3) is 5.91 Å². The van der Waals surface area contributed by atoms with Crippen molar-refractivity contribution in [1.29, 1.82) is 0 Å². The van der Waals surface area contributed by atoms with Gasteiger partial charge in [0.05, 0.1) is 4.88 Å². The summed E-state index contributed by atoms with van der Waals surface area (Å²) in [6, 6.07) is 5.76. The highest BCUT2D eigenvalue weighted by Crippen LogP contribution is 2.33. The van der Waals surface area contributed by atoms with Gasteiger partial charge in [-0.2, -0.15) is 0 Å². The Morgan fingerprint density at radius 2 is 2.24 bits per heavy atom. The summed E-state index contributed by atoms with van der Waals surface area (Å²) in [5, 5.41) is 0. The molecule has 2 aromatic rings. The number of aromatic nitrogens is 1. The van der Waals surface area contributed by atoms with Gasteiger partial charge in [-0.15, -0.1) is 11.3 Å².